The number of thioether (sulfide) groups is 1. The number of nitrogens with one attached hydrogen (secondary N) is 2. The first-order valence-corrected chi connectivity index (χ1v) is 5.72. The molecule has 1 aromatic rings. The summed E-state index contributed by atoms with van der Waals surface area (Å²) in [6, 6.07) is 5.50. The summed E-state index contributed by atoms with van der Waals surface area (Å²) in [5.74, 6) is -0.135. The second kappa shape index (κ2) is 6.84. The van der Waals surface area contributed by atoms with Crippen LogP contribution in [0.25, 0.3) is 0 Å². The minimum absolute atomic E-state index is 0.0120. The van der Waals surface area contributed by atoms with Crippen LogP contribution >= 0.6 is 11.8 Å². The molecule has 0 aliphatic heterocycles. The molecule has 5 nitrogen and oxygen atoms in total. The fourth-order valence-corrected chi connectivity index (χ4v) is 1.58. The molecular weight excluding hydrogens is 226 g/mol. The van der Waals surface area contributed by atoms with Gasteiger partial charge >= 0.3 is 0 Å². The van der Waals surface area contributed by atoms with E-state index in [1.54, 1.807) is 6.20 Å². The topological polar surface area (TPSA) is 71.1 Å². The molecule has 2 amide bonds. The minimum Gasteiger partial charge on any atom is -0.358 e. The first-order chi connectivity index (χ1) is 7.72. The fraction of sp³-hybridized carbons (Fsp3) is 0.300. The van der Waals surface area contributed by atoms with E-state index in [0.29, 0.717) is 0 Å². The first-order valence-electron chi connectivity index (χ1n) is 4.73. The molecule has 86 valence electrons. The molecule has 1 rings (SSSR count). The number of likely N-dealkylation sites (N-methyl/N-ethyl adjacent to an activating group) is 1. The van der Waals surface area contributed by atoms with E-state index in [1.807, 2.05) is 18.2 Å². The molecule has 0 aromatic carbocycles. The summed E-state index contributed by atoms with van der Waals surface area (Å²) in [7, 11) is 1.52. The average Bonchev–Trinajstić information content (AvgIpc) is 2.34. The zero-order valence-electron chi connectivity index (χ0n) is 8.90. The van der Waals surface area contributed by atoms with Crippen LogP contribution in [0.3, 0.4) is 0 Å². The molecule has 0 fully saturated rings. The fourth-order valence-electron chi connectivity index (χ4n) is 0.890. The van der Waals surface area contributed by atoms with Gasteiger partial charge in [-0.1, -0.05) is 17.8 Å². The predicted octanol–water partition coefficient (Wildman–Crippen LogP) is 0.0359. The summed E-state index contributed by atoms with van der Waals surface area (Å²) in [5.41, 5.74) is 0. The Bertz CT molecular complexity index is 356. The molecule has 0 saturated heterocycles. The molecule has 0 aliphatic rings. The van der Waals surface area contributed by atoms with Gasteiger partial charge in [-0.3, -0.25) is 9.59 Å². The van der Waals surface area contributed by atoms with E-state index in [4.69, 9.17) is 0 Å². The van der Waals surface area contributed by atoms with E-state index in [9.17, 15) is 9.59 Å². The van der Waals surface area contributed by atoms with Crippen molar-refractivity contribution in [1.29, 1.82) is 0 Å². The van der Waals surface area contributed by atoms with Crippen molar-refractivity contribution in [2.75, 3.05) is 19.3 Å². The Labute approximate surface area is 98.0 Å². The highest BCUT2D eigenvalue weighted by Crippen LogP contribution is 2.12. The van der Waals surface area contributed by atoms with Gasteiger partial charge in [0.15, 0.2) is 0 Å². The van der Waals surface area contributed by atoms with Crippen LogP contribution < -0.4 is 10.6 Å². The molecule has 0 radical (unpaired) electrons. The van der Waals surface area contributed by atoms with Gasteiger partial charge in [-0.15, -0.1) is 0 Å². The maximum absolute atomic E-state index is 11.3. The third-order valence-corrected chi connectivity index (χ3v) is 2.66. The molecular formula is C10H13N3O2S. The number of hydrogen-bond acceptors (Lipinski definition) is 4. The van der Waals surface area contributed by atoms with Crippen molar-refractivity contribution in [1.82, 2.24) is 15.6 Å². The number of amides is 2. The predicted molar refractivity (Wildman–Crippen MR) is 62.0 cm³/mol. The van der Waals surface area contributed by atoms with Crippen molar-refractivity contribution in [2.45, 2.75) is 5.03 Å². The largest absolute Gasteiger partial charge is 0.358 e. The molecule has 0 atom stereocenters. The smallest absolute Gasteiger partial charge is 0.239 e. The number of aromatic nitrogens is 1. The van der Waals surface area contributed by atoms with Gasteiger partial charge in [0.25, 0.3) is 0 Å². The van der Waals surface area contributed by atoms with E-state index in [-0.39, 0.29) is 24.1 Å². The van der Waals surface area contributed by atoms with Gasteiger partial charge in [0, 0.05) is 13.2 Å². The Morgan fingerprint density at radius 3 is 2.81 bits per heavy atom. The van der Waals surface area contributed by atoms with E-state index < -0.39 is 0 Å². The maximum atomic E-state index is 11.3. The van der Waals surface area contributed by atoms with Crippen LogP contribution in [-0.4, -0.2) is 36.1 Å². The van der Waals surface area contributed by atoms with Crippen LogP contribution in [0.2, 0.25) is 0 Å². The molecule has 1 heterocycles. The van der Waals surface area contributed by atoms with Crippen molar-refractivity contribution in [2.24, 2.45) is 0 Å². The first kappa shape index (κ1) is 12.5. The molecule has 0 aliphatic carbocycles. The molecule has 6 heteroatoms. The Hall–Kier alpha value is -1.56. The Morgan fingerprint density at radius 2 is 2.19 bits per heavy atom. The lowest BCUT2D eigenvalue weighted by atomic mass is 10.5. The van der Waals surface area contributed by atoms with Gasteiger partial charge in [0.05, 0.1) is 17.3 Å². The second-order valence-electron chi connectivity index (χ2n) is 2.91. The van der Waals surface area contributed by atoms with Gasteiger partial charge in [-0.05, 0) is 12.1 Å². The van der Waals surface area contributed by atoms with Gasteiger partial charge in [-0.2, -0.15) is 0 Å². The van der Waals surface area contributed by atoms with E-state index in [0.717, 1.165) is 5.03 Å². The highest BCUT2D eigenvalue weighted by molar-refractivity contribution is 7.99. The summed E-state index contributed by atoms with van der Waals surface area (Å²) in [6.45, 7) is 0.0120. The summed E-state index contributed by atoms with van der Waals surface area (Å²) < 4.78 is 0. The summed E-state index contributed by atoms with van der Waals surface area (Å²) in [5, 5.41) is 5.71. The molecule has 0 bridgehead atoms. The summed E-state index contributed by atoms with van der Waals surface area (Å²) in [4.78, 5) is 26.2. The van der Waals surface area contributed by atoms with Crippen molar-refractivity contribution in [3.05, 3.63) is 24.4 Å². The van der Waals surface area contributed by atoms with Crippen LogP contribution in [0.5, 0.6) is 0 Å². The highest BCUT2D eigenvalue weighted by Gasteiger charge is 2.04. The van der Waals surface area contributed by atoms with Crippen LogP contribution in [0.15, 0.2) is 29.4 Å². The molecule has 2 N–H and O–H groups in total. The number of carbonyl (C=O) groups is 2. The van der Waals surface area contributed by atoms with E-state index >= 15 is 0 Å². The van der Waals surface area contributed by atoms with Crippen LogP contribution in [-0.2, 0) is 9.59 Å². The highest BCUT2D eigenvalue weighted by atomic mass is 32.2. The number of pyridine rings is 1. The van der Waals surface area contributed by atoms with Crippen LogP contribution in [0, 0.1) is 0 Å². The number of rotatable bonds is 5. The van der Waals surface area contributed by atoms with Crippen molar-refractivity contribution >= 4 is 23.6 Å². The molecule has 0 unspecified atom stereocenters. The molecule has 16 heavy (non-hydrogen) atoms. The quantitative estimate of drug-likeness (QED) is 0.711. The Morgan fingerprint density at radius 1 is 1.38 bits per heavy atom. The van der Waals surface area contributed by atoms with Crippen molar-refractivity contribution in [3.63, 3.8) is 0 Å². The Kier molecular flexibility index (Phi) is 5.35. The summed E-state index contributed by atoms with van der Waals surface area (Å²) >= 11 is 1.33. The monoisotopic (exact) mass is 239 g/mol. The molecule has 0 saturated carbocycles. The number of hydrogen-bond donors (Lipinski definition) is 2. The zero-order chi connectivity index (χ0) is 11.8. The SMILES string of the molecule is CNC(=O)CNC(=O)CSc1ccccn1. The summed E-state index contributed by atoms with van der Waals surface area (Å²) in [6.07, 6.45) is 1.67. The average molecular weight is 239 g/mol. The normalized spacial score (nSPS) is 9.56. The third-order valence-electron chi connectivity index (χ3n) is 1.71. The maximum Gasteiger partial charge on any atom is 0.239 e. The van der Waals surface area contributed by atoms with Gasteiger partial charge in [0.1, 0.15) is 0 Å². The molecule has 0 spiro atoms. The standard InChI is InChI=1S/C10H13N3O2S/c1-11-8(14)6-13-9(15)7-16-10-4-2-3-5-12-10/h2-5H,6-7H2,1H3,(H,11,14)(H,13,15). The van der Waals surface area contributed by atoms with Gasteiger partial charge in [0.2, 0.25) is 11.8 Å². The zero-order valence-corrected chi connectivity index (χ0v) is 9.71. The Balaban J connectivity index is 2.23. The minimum atomic E-state index is -0.212. The van der Waals surface area contributed by atoms with Crippen molar-refractivity contribution < 1.29 is 9.59 Å². The lowest BCUT2D eigenvalue weighted by Crippen LogP contribution is -2.36. The lowest BCUT2D eigenvalue weighted by molar-refractivity contribution is -0.124. The van der Waals surface area contributed by atoms with Crippen molar-refractivity contribution in [3.8, 4) is 0 Å². The molecule has 1 aromatic heterocycles. The lowest BCUT2D eigenvalue weighted by Gasteiger charge is -2.03. The third kappa shape index (κ3) is 4.79. The number of nitrogens with zero attached hydrogens (tertiary/aromatic N) is 1. The van der Waals surface area contributed by atoms with Gasteiger partial charge < -0.3 is 10.6 Å². The van der Waals surface area contributed by atoms with E-state index in [2.05, 4.69) is 15.6 Å². The second-order valence-corrected chi connectivity index (χ2v) is 3.90. The van der Waals surface area contributed by atoms with E-state index in [1.165, 1.54) is 18.8 Å². The van der Waals surface area contributed by atoms with Crippen LogP contribution in [0.4, 0.5) is 0 Å². The number of carbonyl (C=O) groups excluding carboxylic acids is 2. The van der Waals surface area contributed by atoms with Crippen LogP contribution in [0.1, 0.15) is 0 Å². The van der Waals surface area contributed by atoms with Gasteiger partial charge in [-0.25, -0.2) is 4.98 Å².